The number of anilines is 1. The summed E-state index contributed by atoms with van der Waals surface area (Å²) in [6.07, 6.45) is 2.66. The Balaban J connectivity index is 1.79. The lowest BCUT2D eigenvalue weighted by Crippen LogP contribution is -2.46. The summed E-state index contributed by atoms with van der Waals surface area (Å²) < 4.78 is 20.5. The molecule has 0 bridgehead atoms. The van der Waals surface area contributed by atoms with Gasteiger partial charge in [0.05, 0.1) is 24.1 Å². The van der Waals surface area contributed by atoms with Crippen molar-refractivity contribution in [2.45, 2.75) is 40.7 Å². The molecule has 2 aromatic rings. The fourth-order valence-electron chi connectivity index (χ4n) is 4.39. The lowest BCUT2D eigenvalue weighted by molar-refractivity contribution is 0.246. The molecular formula is C24H35FN6O. The Labute approximate surface area is 190 Å². The number of piperazine rings is 1. The van der Waals surface area contributed by atoms with Crippen molar-refractivity contribution in [3.8, 4) is 5.75 Å². The minimum atomic E-state index is -0.376. The van der Waals surface area contributed by atoms with Crippen LogP contribution >= 0.6 is 0 Å². The second-order valence-corrected chi connectivity index (χ2v) is 8.89. The third-order valence-electron chi connectivity index (χ3n) is 6.00. The van der Waals surface area contributed by atoms with Gasteiger partial charge in [0.2, 0.25) is 0 Å². The van der Waals surface area contributed by atoms with E-state index in [4.69, 9.17) is 16.3 Å². The van der Waals surface area contributed by atoms with Crippen LogP contribution in [0, 0.1) is 25.6 Å². The summed E-state index contributed by atoms with van der Waals surface area (Å²) in [5, 5.41) is 3.57. The van der Waals surface area contributed by atoms with Crippen molar-refractivity contribution in [1.29, 1.82) is 0 Å². The molecule has 7 nitrogen and oxygen atoms in total. The number of nitrogens with two attached hydrogens (primary N) is 2. The molecule has 3 rings (SSSR count). The molecule has 0 unspecified atom stereocenters. The number of amidine groups is 1. The second kappa shape index (κ2) is 10.2. The molecule has 4 N–H and O–H groups in total. The van der Waals surface area contributed by atoms with E-state index in [-0.39, 0.29) is 17.2 Å². The van der Waals surface area contributed by atoms with Crippen molar-refractivity contribution in [3.63, 3.8) is 0 Å². The van der Waals surface area contributed by atoms with Gasteiger partial charge in [0, 0.05) is 50.0 Å². The van der Waals surface area contributed by atoms with E-state index >= 15 is 0 Å². The summed E-state index contributed by atoms with van der Waals surface area (Å²) in [4.78, 5) is 9.16. The van der Waals surface area contributed by atoms with Crippen LogP contribution in [0.2, 0.25) is 0 Å². The highest BCUT2D eigenvalue weighted by molar-refractivity contribution is 6.02. The zero-order valence-corrected chi connectivity index (χ0v) is 19.8. The van der Waals surface area contributed by atoms with Gasteiger partial charge in [0.25, 0.3) is 0 Å². The highest BCUT2D eigenvalue weighted by Crippen LogP contribution is 2.29. The van der Waals surface area contributed by atoms with E-state index in [1.165, 1.54) is 0 Å². The van der Waals surface area contributed by atoms with E-state index in [9.17, 15) is 4.39 Å². The lowest BCUT2D eigenvalue weighted by atomic mass is 9.98. The molecule has 8 heteroatoms. The quantitative estimate of drug-likeness (QED) is 0.296. The molecule has 0 atom stereocenters. The van der Waals surface area contributed by atoms with Crippen LogP contribution in [-0.4, -0.2) is 49.0 Å². The largest absolute Gasteiger partial charge is 0.496 e. The molecular weight excluding hydrogens is 407 g/mol. The minimum absolute atomic E-state index is 0.0163. The smallest absolute Gasteiger partial charge is 0.155 e. The number of rotatable bonds is 7. The van der Waals surface area contributed by atoms with Crippen molar-refractivity contribution in [2.75, 3.05) is 38.2 Å². The molecule has 1 aromatic heterocycles. The van der Waals surface area contributed by atoms with E-state index in [1.54, 1.807) is 13.2 Å². The Hall–Kier alpha value is -2.87. The first-order valence-electron chi connectivity index (χ1n) is 11.1. The maximum atomic E-state index is 15.0. The van der Waals surface area contributed by atoms with Gasteiger partial charge >= 0.3 is 0 Å². The summed E-state index contributed by atoms with van der Waals surface area (Å²) in [6.45, 7) is 12.2. The Morgan fingerprint density at radius 1 is 1.22 bits per heavy atom. The molecule has 0 saturated carbocycles. The monoisotopic (exact) mass is 442 g/mol. The van der Waals surface area contributed by atoms with Crippen LogP contribution in [0.25, 0.3) is 0 Å². The predicted octanol–water partition coefficient (Wildman–Crippen LogP) is 2.95. The number of hydrazone groups is 1. The van der Waals surface area contributed by atoms with E-state index in [1.807, 2.05) is 19.2 Å². The van der Waals surface area contributed by atoms with Crippen LogP contribution in [0.5, 0.6) is 5.75 Å². The van der Waals surface area contributed by atoms with Crippen molar-refractivity contribution in [3.05, 3.63) is 52.1 Å². The number of hydrogen-bond acceptors (Lipinski definition) is 6. The van der Waals surface area contributed by atoms with Crippen LogP contribution in [0.3, 0.4) is 0 Å². The molecule has 1 aliphatic rings. The summed E-state index contributed by atoms with van der Waals surface area (Å²) in [7, 11) is 1.69. The number of aryl methyl sites for hydroxylation is 1. The molecule has 1 aliphatic heterocycles. The third-order valence-corrected chi connectivity index (χ3v) is 6.00. The fourth-order valence-corrected chi connectivity index (χ4v) is 4.39. The maximum Gasteiger partial charge on any atom is 0.155 e. The standard InChI is InChI=1S/C24H35FN6O/c1-15(2)10-18-11-19(25)22(24(26)29-27)21(12-18)31-8-6-30(7-9-31)14-20-17(4)23(32-5)16(3)13-28-20/h11-13,15H,6-10,14,27H2,1-5H3,(H2,26,29). The molecule has 0 spiro atoms. The van der Waals surface area contributed by atoms with Crippen LogP contribution < -0.4 is 21.2 Å². The average Bonchev–Trinajstić information content (AvgIpc) is 2.75. The van der Waals surface area contributed by atoms with Gasteiger partial charge in [0.15, 0.2) is 5.84 Å². The van der Waals surface area contributed by atoms with Gasteiger partial charge in [0.1, 0.15) is 11.6 Å². The second-order valence-electron chi connectivity index (χ2n) is 8.89. The summed E-state index contributed by atoms with van der Waals surface area (Å²) in [6, 6.07) is 3.58. The Kier molecular flexibility index (Phi) is 7.56. The molecule has 2 heterocycles. The van der Waals surface area contributed by atoms with Crippen LogP contribution in [-0.2, 0) is 13.0 Å². The van der Waals surface area contributed by atoms with Gasteiger partial charge in [-0.25, -0.2) is 4.39 Å². The zero-order chi connectivity index (χ0) is 23.4. The Bertz CT molecular complexity index is 983. The Morgan fingerprint density at radius 3 is 2.50 bits per heavy atom. The van der Waals surface area contributed by atoms with Crippen molar-refractivity contribution < 1.29 is 9.13 Å². The molecule has 0 radical (unpaired) electrons. The number of pyridine rings is 1. The normalized spacial score (nSPS) is 15.5. The summed E-state index contributed by atoms with van der Waals surface area (Å²) >= 11 is 0. The molecule has 1 saturated heterocycles. The van der Waals surface area contributed by atoms with Crippen LogP contribution in [0.1, 0.15) is 41.8 Å². The number of aromatic nitrogens is 1. The van der Waals surface area contributed by atoms with Gasteiger partial charge in [-0.05, 0) is 43.9 Å². The molecule has 174 valence electrons. The number of hydrogen-bond donors (Lipinski definition) is 2. The molecule has 0 amide bonds. The lowest BCUT2D eigenvalue weighted by Gasteiger charge is -2.37. The maximum absolute atomic E-state index is 15.0. The van der Waals surface area contributed by atoms with Crippen LogP contribution in [0.15, 0.2) is 23.4 Å². The first-order valence-corrected chi connectivity index (χ1v) is 11.1. The van der Waals surface area contributed by atoms with Gasteiger partial charge in [-0.3, -0.25) is 9.88 Å². The fraction of sp³-hybridized carbons (Fsp3) is 0.500. The molecule has 1 fully saturated rings. The van der Waals surface area contributed by atoms with Crippen molar-refractivity contribution in [2.24, 2.45) is 22.6 Å². The van der Waals surface area contributed by atoms with Gasteiger partial charge in [-0.15, -0.1) is 0 Å². The topological polar surface area (TPSA) is 93.0 Å². The van der Waals surface area contributed by atoms with Gasteiger partial charge in [-0.1, -0.05) is 13.8 Å². The summed E-state index contributed by atoms with van der Waals surface area (Å²) in [5.41, 5.74) is 11.1. The number of halogens is 1. The highest BCUT2D eigenvalue weighted by Gasteiger charge is 2.24. The molecule has 1 aromatic carbocycles. The van der Waals surface area contributed by atoms with Crippen molar-refractivity contribution in [1.82, 2.24) is 9.88 Å². The van der Waals surface area contributed by atoms with E-state index in [0.717, 1.165) is 73.0 Å². The van der Waals surface area contributed by atoms with E-state index in [2.05, 4.69) is 40.7 Å². The SMILES string of the molecule is COc1c(C)cnc(CN2CCN(c3cc(CC(C)C)cc(F)c3/C(N)=N/N)CC2)c1C. The van der Waals surface area contributed by atoms with Gasteiger partial charge < -0.3 is 21.2 Å². The zero-order valence-electron chi connectivity index (χ0n) is 19.8. The van der Waals surface area contributed by atoms with Crippen LogP contribution in [0.4, 0.5) is 10.1 Å². The number of benzene rings is 1. The first-order chi connectivity index (χ1) is 15.2. The number of nitrogens with zero attached hydrogens (tertiary/aromatic N) is 4. The number of methoxy groups -OCH3 is 1. The number of ether oxygens (including phenoxy) is 1. The molecule has 0 aliphatic carbocycles. The first kappa shape index (κ1) is 23.8. The van der Waals surface area contributed by atoms with E-state index < -0.39 is 0 Å². The van der Waals surface area contributed by atoms with Gasteiger partial charge in [-0.2, -0.15) is 5.10 Å². The highest BCUT2D eigenvalue weighted by atomic mass is 19.1. The summed E-state index contributed by atoms with van der Waals surface area (Å²) in [5.74, 6) is 6.36. The van der Waals surface area contributed by atoms with Crippen molar-refractivity contribution >= 4 is 11.5 Å². The van der Waals surface area contributed by atoms with E-state index in [0.29, 0.717) is 5.92 Å². The average molecular weight is 443 g/mol. The predicted molar refractivity (Wildman–Crippen MR) is 128 cm³/mol. The minimum Gasteiger partial charge on any atom is -0.496 e. The third kappa shape index (κ3) is 5.12. The molecule has 32 heavy (non-hydrogen) atoms. The Morgan fingerprint density at radius 2 is 1.91 bits per heavy atom.